The van der Waals surface area contributed by atoms with Gasteiger partial charge in [-0.15, -0.1) is 0 Å². The monoisotopic (exact) mass is 242 g/mol. The predicted octanol–water partition coefficient (Wildman–Crippen LogP) is 3.04. The van der Waals surface area contributed by atoms with Crippen LogP contribution >= 0.6 is 0 Å². The van der Waals surface area contributed by atoms with Gasteiger partial charge in [-0.2, -0.15) is 0 Å². The Hall–Kier alpha value is -1.90. The first-order valence-corrected chi connectivity index (χ1v) is 5.79. The summed E-state index contributed by atoms with van der Waals surface area (Å²) in [6.07, 6.45) is 1.10. The Kier molecular flexibility index (Phi) is 6.47. The number of hydrogen-bond acceptors (Lipinski definition) is 2. The SMILES string of the molecule is C=Cc1ccccc1.OCC(O)c1ccccc1. The minimum atomic E-state index is -0.735. The minimum Gasteiger partial charge on any atom is -0.393 e. The molecule has 2 nitrogen and oxygen atoms in total. The molecule has 0 spiro atoms. The summed E-state index contributed by atoms with van der Waals surface area (Å²) in [7, 11) is 0. The number of aliphatic hydroxyl groups is 2. The number of rotatable bonds is 3. The van der Waals surface area contributed by atoms with Crippen LogP contribution < -0.4 is 0 Å². The topological polar surface area (TPSA) is 40.5 Å². The van der Waals surface area contributed by atoms with Crippen LogP contribution in [0.25, 0.3) is 6.08 Å². The molecule has 0 bridgehead atoms. The van der Waals surface area contributed by atoms with E-state index in [0.717, 1.165) is 5.56 Å². The van der Waals surface area contributed by atoms with Gasteiger partial charge in [0.25, 0.3) is 0 Å². The fourth-order valence-corrected chi connectivity index (χ4v) is 1.37. The smallest absolute Gasteiger partial charge is 0.102 e. The highest BCUT2D eigenvalue weighted by Gasteiger charge is 2.02. The molecule has 2 aromatic rings. The summed E-state index contributed by atoms with van der Waals surface area (Å²) in [6.45, 7) is 3.41. The lowest BCUT2D eigenvalue weighted by molar-refractivity contribution is 0.0956. The lowest BCUT2D eigenvalue weighted by Crippen LogP contribution is -2.01. The first-order valence-electron chi connectivity index (χ1n) is 5.79. The summed E-state index contributed by atoms with van der Waals surface area (Å²) in [6, 6.07) is 19.1. The zero-order valence-corrected chi connectivity index (χ0v) is 10.2. The Morgan fingerprint density at radius 1 is 0.944 bits per heavy atom. The summed E-state index contributed by atoms with van der Waals surface area (Å²) in [5.74, 6) is 0. The molecule has 2 heteroatoms. The second kappa shape index (κ2) is 8.23. The molecule has 2 rings (SSSR count). The van der Waals surface area contributed by atoms with E-state index in [9.17, 15) is 0 Å². The number of hydrogen-bond donors (Lipinski definition) is 2. The van der Waals surface area contributed by atoms with Gasteiger partial charge in [0.2, 0.25) is 0 Å². The van der Waals surface area contributed by atoms with Gasteiger partial charge in [-0.25, -0.2) is 0 Å². The van der Waals surface area contributed by atoms with E-state index in [1.165, 1.54) is 5.56 Å². The maximum absolute atomic E-state index is 9.08. The third-order valence-electron chi connectivity index (χ3n) is 2.39. The fraction of sp³-hybridized carbons (Fsp3) is 0.125. The van der Waals surface area contributed by atoms with E-state index in [1.807, 2.05) is 54.6 Å². The van der Waals surface area contributed by atoms with Crippen LogP contribution in [-0.2, 0) is 0 Å². The molecule has 2 aromatic carbocycles. The van der Waals surface area contributed by atoms with Crippen LogP contribution in [0, 0.1) is 0 Å². The van der Waals surface area contributed by atoms with Crippen LogP contribution in [0.3, 0.4) is 0 Å². The van der Waals surface area contributed by atoms with Gasteiger partial charge in [-0.3, -0.25) is 0 Å². The molecule has 1 unspecified atom stereocenters. The van der Waals surface area contributed by atoms with Crippen molar-refractivity contribution in [3.8, 4) is 0 Å². The van der Waals surface area contributed by atoms with Gasteiger partial charge >= 0.3 is 0 Å². The Morgan fingerprint density at radius 2 is 1.44 bits per heavy atom. The van der Waals surface area contributed by atoms with E-state index < -0.39 is 6.10 Å². The Balaban J connectivity index is 0.000000184. The molecular formula is C16H18O2. The van der Waals surface area contributed by atoms with Crippen LogP contribution in [0.5, 0.6) is 0 Å². The molecule has 2 N–H and O–H groups in total. The van der Waals surface area contributed by atoms with Crippen molar-refractivity contribution in [2.24, 2.45) is 0 Å². The fourth-order valence-electron chi connectivity index (χ4n) is 1.37. The van der Waals surface area contributed by atoms with Gasteiger partial charge in [0, 0.05) is 0 Å². The number of aliphatic hydroxyl groups excluding tert-OH is 2. The van der Waals surface area contributed by atoms with E-state index in [-0.39, 0.29) is 6.61 Å². The molecule has 0 fully saturated rings. The van der Waals surface area contributed by atoms with Gasteiger partial charge in [0.05, 0.1) is 6.61 Å². The van der Waals surface area contributed by atoms with E-state index >= 15 is 0 Å². The molecule has 18 heavy (non-hydrogen) atoms. The van der Waals surface area contributed by atoms with E-state index in [2.05, 4.69) is 6.58 Å². The van der Waals surface area contributed by atoms with Crippen molar-refractivity contribution >= 4 is 6.08 Å². The molecule has 94 valence electrons. The maximum Gasteiger partial charge on any atom is 0.102 e. The summed E-state index contributed by atoms with van der Waals surface area (Å²) in [5, 5.41) is 17.6. The predicted molar refractivity (Wildman–Crippen MR) is 75.0 cm³/mol. The molecule has 0 radical (unpaired) electrons. The maximum atomic E-state index is 9.08. The van der Waals surface area contributed by atoms with Crippen LogP contribution in [0.1, 0.15) is 17.2 Å². The van der Waals surface area contributed by atoms with Crippen LogP contribution in [0.4, 0.5) is 0 Å². The molecule has 0 aromatic heterocycles. The minimum absolute atomic E-state index is 0.218. The molecule has 0 heterocycles. The molecule has 0 amide bonds. The van der Waals surface area contributed by atoms with E-state index in [1.54, 1.807) is 12.1 Å². The third kappa shape index (κ3) is 4.95. The quantitative estimate of drug-likeness (QED) is 0.868. The molecule has 1 atom stereocenters. The Bertz CT molecular complexity index is 437. The number of benzene rings is 2. The third-order valence-corrected chi connectivity index (χ3v) is 2.39. The van der Waals surface area contributed by atoms with Crippen molar-refractivity contribution in [1.82, 2.24) is 0 Å². The molecular weight excluding hydrogens is 224 g/mol. The van der Waals surface area contributed by atoms with Crippen molar-refractivity contribution in [2.45, 2.75) is 6.10 Å². The highest BCUT2D eigenvalue weighted by Crippen LogP contribution is 2.09. The standard InChI is InChI=1S/C8H10O2.C8H8/c9-6-8(10)7-4-2-1-3-5-7;1-2-8-6-4-3-5-7-8/h1-5,8-10H,6H2;2-7H,1H2. The highest BCUT2D eigenvalue weighted by atomic mass is 16.3. The van der Waals surface area contributed by atoms with Gasteiger partial charge in [-0.05, 0) is 11.1 Å². The summed E-state index contributed by atoms with van der Waals surface area (Å²) < 4.78 is 0. The first-order chi connectivity index (χ1) is 8.77. The van der Waals surface area contributed by atoms with Gasteiger partial charge in [-0.1, -0.05) is 73.3 Å². The lowest BCUT2D eigenvalue weighted by Gasteiger charge is -2.05. The lowest BCUT2D eigenvalue weighted by atomic mass is 10.1. The zero-order chi connectivity index (χ0) is 13.2. The van der Waals surface area contributed by atoms with Crippen LogP contribution in [-0.4, -0.2) is 16.8 Å². The van der Waals surface area contributed by atoms with E-state index in [4.69, 9.17) is 10.2 Å². The summed E-state index contributed by atoms with van der Waals surface area (Å²) >= 11 is 0. The second-order valence-corrected chi connectivity index (χ2v) is 3.72. The second-order valence-electron chi connectivity index (χ2n) is 3.72. The molecule has 0 aliphatic rings. The van der Waals surface area contributed by atoms with Crippen molar-refractivity contribution < 1.29 is 10.2 Å². The van der Waals surface area contributed by atoms with E-state index in [0.29, 0.717) is 0 Å². The molecule has 0 saturated heterocycles. The average Bonchev–Trinajstić information content (AvgIpc) is 2.49. The Labute approximate surface area is 108 Å². The van der Waals surface area contributed by atoms with Crippen molar-refractivity contribution in [3.05, 3.63) is 78.4 Å². The molecule has 0 aliphatic heterocycles. The normalized spacial score (nSPS) is 11.0. The average molecular weight is 242 g/mol. The van der Waals surface area contributed by atoms with Gasteiger partial charge < -0.3 is 10.2 Å². The van der Waals surface area contributed by atoms with Crippen molar-refractivity contribution in [3.63, 3.8) is 0 Å². The highest BCUT2D eigenvalue weighted by molar-refractivity contribution is 5.45. The molecule has 0 aliphatic carbocycles. The largest absolute Gasteiger partial charge is 0.393 e. The van der Waals surface area contributed by atoms with Gasteiger partial charge in [0.1, 0.15) is 6.10 Å². The van der Waals surface area contributed by atoms with Crippen LogP contribution in [0.15, 0.2) is 67.2 Å². The Morgan fingerprint density at radius 3 is 1.83 bits per heavy atom. The zero-order valence-electron chi connectivity index (χ0n) is 10.2. The first kappa shape index (κ1) is 14.2. The van der Waals surface area contributed by atoms with Crippen molar-refractivity contribution in [1.29, 1.82) is 0 Å². The summed E-state index contributed by atoms with van der Waals surface area (Å²) in [5.41, 5.74) is 1.93. The van der Waals surface area contributed by atoms with Gasteiger partial charge in [0.15, 0.2) is 0 Å². The van der Waals surface area contributed by atoms with Crippen molar-refractivity contribution in [2.75, 3.05) is 6.61 Å². The molecule has 0 saturated carbocycles. The van der Waals surface area contributed by atoms with Crippen LogP contribution in [0.2, 0.25) is 0 Å². The summed E-state index contributed by atoms with van der Waals surface area (Å²) in [4.78, 5) is 0.